The Kier molecular flexibility index (Phi) is 3.99. The van der Waals surface area contributed by atoms with Gasteiger partial charge in [-0.05, 0) is 24.3 Å². The molecule has 0 aliphatic rings. The number of nitro groups is 1. The highest BCUT2D eigenvalue weighted by atomic mass is 35.5. The number of nitrogens with zero attached hydrogens (tertiary/aromatic N) is 2. The highest BCUT2D eigenvalue weighted by Crippen LogP contribution is 2.24. The van der Waals surface area contributed by atoms with Gasteiger partial charge in [0, 0.05) is 0 Å². The molecule has 2 rings (SSSR count). The zero-order chi connectivity index (χ0) is 15.6. The van der Waals surface area contributed by atoms with E-state index in [1.807, 2.05) is 0 Å². The van der Waals surface area contributed by atoms with E-state index in [0.717, 1.165) is 24.4 Å². The SMILES string of the molecule is Nc1ccc(F)cc1NC(=O)c1cc(Cl)ncc1[N+](=O)[O-]. The summed E-state index contributed by atoms with van der Waals surface area (Å²) in [5, 5.41) is 13.1. The van der Waals surface area contributed by atoms with E-state index in [1.54, 1.807) is 0 Å². The molecule has 7 nitrogen and oxygen atoms in total. The van der Waals surface area contributed by atoms with Crippen molar-refractivity contribution in [3.8, 4) is 0 Å². The molecule has 0 saturated carbocycles. The van der Waals surface area contributed by atoms with E-state index in [9.17, 15) is 19.3 Å². The van der Waals surface area contributed by atoms with Gasteiger partial charge in [-0.25, -0.2) is 9.37 Å². The van der Waals surface area contributed by atoms with E-state index < -0.39 is 22.3 Å². The van der Waals surface area contributed by atoms with E-state index in [2.05, 4.69) is 10.3 Å². The van der Waals surface area contributed by atoms with Crippen molar-refractivity contribution in [3.05, 3.63) is 57.1 Å². The van der Waals surface area contributed by atoms with Crippen molar-refractivity contribution < 1.29 is 14.1 Å². The molecule has 0 aliphatic carbocycles. The van der Waals surface area contributed by atoms with Gasteiger partial charge in [0.25, 0.3) is 11.6 Å². The second-order valence-corrected chi connectivity index (χ2v) is 4.35. The summed E-state index contributed by atoms with van der Waals surface area (Å²) < 4.78 is 13.1. The summed E-state index contributed by atoms with van der Waals surface area (Å²) in [5.74, 6) is -1.45. The molecular formula is C12H8ClFN4O3. The van der Waals surface area contributed by atoms with Gasteiger partial charge in [-0.3, -0.25) is 14.9 Å². The van der Waals surface area contributed by atoms with Gasteiger partial charge >= 0.3 is 0 Å². The molecule has 0 unspecified atom stereocenters. The Labute approximate surface area is 122 Å². The predicted octanol–water partition coefficient (Wildman–Crippen LogP) is 2.62. The van der Waals surface area contributed by atoms with E-state index in [4.69, 9.17) is 17.3 Å². The molecule has 3 N–H and O–H groups in total. The normalized spacial score (nSPS) is 10.2. The van der Waals surface area contributed by atoms with Crippen LogP contribution in [0.4, 0.5) is 21.5 Å². The fourth-order valence-corrected chi connectivity index (χ4v) is 1.73. The van der Waals surface area contributed by atoms with Crippen molar-refractivity contribution in [2.75, 3.05) is 11.1 Å². The number of aromatic nitrogens is 1. The number of nitrogens with two attached hydrogens (primary N) is 1. The van der Waals surface area contributed by atoms with Crippen LogP contribution < -0.4 is 11.1 Å². The van der Waals surface area contributed by atoms with Crippen molar-refractivity contribution in [1.29, 1.82) is 0 Å². The molecule has 0 radical (unpaired) electrons. The van der Waals surface area contributed by atoms with Gasteiger partial charge in [0.2, 0.25) is 0 Å². The minimum absolute atomic E-state index is 0.00207. The Hall–Kier alpha value is -2.74. The average Bonchev–Trinajstić information content (AvgIpc) is 2.42. The first kappa shape index (κ1) is 14.7. The van der Waals surface area contributed by atoms with Crippen LogP contribution in [0, 0.1) is 15.9 Å². The molecule has 0 aliphatic heterocycles. The van der Waals surface area contributed by atoms with Crippen molar-refractivity contribution in [2.45, 2.75) is 0 Å². The maximum absolute atomic E-state index is 13.1. The van der Waals surface area contributed by atoms with Gasteiger partial charge in [-0.1, -0.05) is 11.6 Å². The van der Waals surface area contributed by atoms with Crippen LogP contribution in [-0.4, -0.2) is 15.8 Å². The molecule has 0 spiro atoms. The van der Waals surface area contributed by atoms with Crippen LogP contribution in [0.3, 0.4) is 0 Å². The molecule has 0 fully saturated rings. The van der Waals surface area contributed by atoms with Crippen molar-refractivity contribution in [2.24, 2.45) is 0 Å². The smallest absolute Gasteiger partial charge is 0.300 e. The van der Waals surface area contributed by atoms with Crippen LogP contribution in [0.25, 0.3) is 0 Å². The predicted molar refractivity (Wildman–Crippen MR) is 74.7 cm³/mol. The summed E-state index contributed by atoms with van der Waals surface area (Å²) in [6, 6.07) is 4.43. The number of rotatable bonds is 3. The summed E-state index contributed by atoms with van der Waals surface area (Å²) in [7, 11) is 0. The number of nitrogen functional groups attached to an aromatic ring is 1. The van der Waals surface area contributed by atoms with Gasteiger partial charge in [0.05, 0.1) is 16.3 Å². The molecule has 1 amide bonds. The third kappa shape index (κ3) is 3.23. The molecule has 0 atom stereocenters. The number of anilines is 2. The summed E-state index contributed by atoms with van der Waals surface area (Å²) in [5.41, 5.74) is 4.89. The summed E-state index contributed by atoms with van der Waals surface area (Å²) >= 11 is 5.63. The molecule has 0 bridgehead atoms. The number of hydrogen-bond donors (Lipinski definition) is 2. The number of halogens is 2. The molecule has 1 heterocycles. The van der Waals surface area contributed by atoms with Crippen LogP contribution in [0.2, 0.25) is 5.15 Å². The third-order valence-corrected chi connectivity index (χ3v) is 2.76. The van der Waals surface area contributed by atoms with Crippen LogP contribution in [-0.2, 0) is 0 Å². The highest BCUT2D eigenvalue weighted by molar-refractivity contribution is 6.30. The molecule has 2 aromatic rings. The fourth-order valence-electron chi connectivity index (χ4n) is 1.58. The largest absolute Gasteiger partial charge is 0.397 e. The van der Waals surface area contributed by atoms with E-state index in [0.29, 0.717) is 0 Å². The van der Waals surface area contributed by atoms with E-state index >= 15 is 0 Å². The van der Waals surface area contributed by atoms with Crippen LogP contribution in [0.1, 0.15) is 10.4 Å². The molecular weight excluding hydrogens is 303 g/mol. The van der Waals surface area contributed by atoms with Crippen molar-refractivity contribution in [1.82, 2.24) is 4.98 Å². The molecule has 9 heteroatoms. The van der Waals surface area contributed by atoms with E-state index in [-0.39, 0.29) is 22.1 Å². The Bertz CT molecular complexity index is 738. The van der Waals surface area contributed by atoms with Crippen molar-refractivity contribution >= 4 is 34.6 Å². The molecule has 0 saturated heterocycles. The standard InChI is InChI=1S/C12H8ClFN4O3/c13-11-4-7(10(5-16-11)18(20)21)12(19)17-9-3-6(14)1-2-8(9)15/h1-5H,15H2,(H,17,19). The number of carbonyl (C=O) groups is 1. The van der Waals surface area contributed by atoms with E-state index in [1.165, 1.54) is 6.07 Å². The second-order valence-electron chi connectivity index (χ2n) is 3.97. The topological polar surface area (TPSA) is 111 Å². The fraction of sp³-hybridized carbons (Fsp3) is 0. The number of hydrogen-bond acceptors (Lipinski definition) is 5. The number of carbonyl (C=O) groups excluding carboxylic acids is 1. The first-order valence-corrected chi connectivity index (χ1v) is 5.92. The molecule has 108 valence electrons. The van der Waals surface area contributed by atoms with Crippen LogP contribution >= 0.6 is 11.6 Å². The Morgan fingerprint density at radius 1 is 1.43 bits per heavy atom. The van der Waals surface area contributed by atoms with Gasteiger partial charge in [-0.15, -0.1) is 0 Å². The summed E-state index contributed by atoms with van der Waals surface area (Å²) in [4.78, 5) is 25.7. The van der Waals surface area contributed by atoms with Gasteiger partial charge in [0.15, 0.2) is 0 Å². The Morgan fingerprint density at radius 2 is 2.14 bits per heavy atom. The minimum Gasteiger partial charge on any atom is -0.397 e. The zero-order valence-corrected chi connectivity index (χ0v) is 11.1. The lowest BCUT2D eigenvalue weighted by Crippen LogP contribution is -2.15. The molecule has 1 aromatic heterocycles. The lowest BCUT2D eigenvalue weighted by atomic mass is 10.2. The third-order valence-electron chi connectivity index (χ3n) is 2.55. The lowest BCUT2D eigenvalue weighted by molar-refractivity contribution is -0.385. The van der Waals surface area contributed by atoms with Gasteiger partial charge in [-0.2, -0.15) is 0 Å². The van der Waals surface area contributed by atoms with Gasteiger partial charge in [0.1, 0.15) is 22.7 Å². The minimum atomic E-state index is -0.844. The molecule has 1 aromatic carbocycles. The first-order chi connectivity index (χ1) is 9.88. The Morgan fingerprint density at radius 3 is 2.81 bits per heavy atom. The zero-order valence-electron chi connectivity index (χ0n) is 10.3. The number of amides is 1. The second kappa shape index (κ2) is 5.71. The number of benzene rings is 1. The van der Waals surface area contributed by atoms with Crippen LogP contribution in [0.5, 0.6) is 0 Å². The monoisotopic (exact) mass is 310 g/mol. The first-order valence-electron chi connectivity index (χ1n) is 5.55. The summed E-state index contributed by atoms with van der Waals surface area (Å²) in [6.07, 6.45) is 0.867. The summed E-state index contributed by atoms with van der Waals surface area (Å²) in [6.45, 7) is 0. The highest BCUT2D eigenvalue weighted by Gasteiger charge is 2.22. The quantitative estimate of drug-likeness (QED) is 0.392. The average molecular weight is 311 g/mol. The Balaban J connectivity index is 2.39. The lowest BCUT2D eigenvalue weighted by Gasteiger charge is -2.08. The maximum atomic E-state index is 13.1. The number of pyridine rings is 1. The van der Waals surface area contributed by atoms with Gasteiger partial charge < -0.3 is 11.1 Å². The molecule has 21 heavy (non-hydrogen) atoms. The van der Waals surface area contributed by atoms with Crippen LogP contribution in [0.15, 0.2) is 30.5 Å². The number of nitrogens with one attached hydrogen (secondary N) is 1. The maximum Gasteiger partial charge on any atom is 0.300 e. The van der Waals surface area contributed by atoms with Crippen molar-refractivity contribution in [3.63, 3.8) is 0 Å².